The average molecular weight is 244 g/mol. The molecule has 0 amide bonds. The van der Waals surface area contributed by atoms with E-state index in [0.717, 1.165) is 0 Å². The molecule has 1 heterocycles. The van der Waals surface area contributed by atoms with Crippen LogP contribution in [-0.4, -0.2) is 6.18 Å². The highest BCUT2D eigenvalue weighted by atomic mass is 35.5. The zero-order valence-corrected chi connectivity index (χ0v) is 8.72. The number of hydrogen-bond acceptors (Lipinski definition) is 2. The fourth-order valence-electron chi connectivity index (χ4n) is 0.989. The molecule has 0 aliphatic heterocycles. The van der Waals surface area contributed by atoms with Crippen molar-refractivity contribution < 1.29 is 13.2 Å². The van der Waals surface area contributed by atoms with Crippen LogP contribution in [0.2, 0.25) is 4.34 Å². The Balaban J connectivity index is 2.47. The van der Waals surface area contributed by atoms with Gasteiger partial charge in [0.25, 0.3) is 0 Å². The Kier molecular flexibility index (Phi) is 3.80. The third-order valence-corrected chi connectivity index (χ3v) is 3.06. The van der Waals surface area contributed by atoms with Gasteiger partial charge in [-0.3, -0.25) is 0 Å². The summed E-state index contributed by atoms with van der Waals surface area (Å²) in [6.07, 6.45) is -5.09. The third kappa shape index (κ3) is 3.86. The minimum absolute atomic E-state index is 0.0969. The normalized spacial score (nSPS) is 14.4. The Hall–Kier alpha value is -0.260. The van der Waals surface area contributed by atoms with Gasteiger partial charge in [0, 0.05) is 17.3 Å². The number of halogens is 4. The number of nitrogens with two attached hydrogens (primary N) is 1. The first-order chi connectivity index (χ1) is 6.38. The molecule has 1 aromatic heterocycles. The predicted octanol–water partition coefficient (Wildman–Crippen LogP) is 3.74. The number of hydrogen-bond donors (Lipinski definition) is 1. The highest BCUT2D eigenvalue weighted by Crippen LogP contribution is 2.31. The van der Waals surface area contributed by atoms with Gasteiger partial charge in [0.05, 0.1) is 4.34 Å². The van der Waals surface area contributed by atoms with Crippen molar-refractivity contribution >= 4 is 22.9 Å². The summed E-state index contributed by atoms with van der Waals surface area (Å²) in [4.78, 5) is 0.694. The van der Waals surface area contributed by atoms with Crippen molar-refractivity contribution in [2.45, 2.75) is 25.1 Å². The van der Waals surface area contributed by atoms with E-state index in [1.807, 2.05) is 0 Å². The van der Waals surface area contributed by atoms with Crippen LogP contribution in [0.4, 0.5) is 13.2 Å². The average Bonchev–Trinajstić information content (AvgIpc) is 2.46. The summed E-state index contributed by atoms with van der Waals surface area (Å²) in [7, 11) is 0. The lowest BCUT2D eigenvalue weighted by molar-refractivity contribution is -0.136. The summed E-state index contributed by atoms with van der Waals surface area (Å²) in [6.45, 7) is 0. The van der Waals surface area contributed by atoms with E-state index in [0.29, 0.717) is 9.21 Å². The van der Waals surface area contributed by atoms with Gasteiger partial charge in [0.1, 0.15) is 0 Å². The zero-order chi connectivity index (χ0) is 10.8. The van der Waals surface area contributed by atoms with Gasteiger partial charge < -0.3 is 5.73 Å². The molecule has 0 fully saturated rings. The third-order valence-electron chi connectivity index (χ3n) is 1.70. The van der Waals surface area contributed by atoms with Crippen molar-refractivity contribution in [2.75, 3.05) is 0 Å². The second-order valence-corrected chi connectivity index (χ2v) is 4.65. The molecule has 1 aromatic rings. The summed E-state index contributed by atoms with van der Waals surface area (Å²) >= 11 is 6.85. The van der Waals surface area contributed by atoms with Gasteiger partial charge in [-0.2, -0.15) is 13.2 Å². The van der Waals surface area contributed by atoms with Gasteiger partial charge in [-0.25, -0.2) is 0 Å². The van der Waals surface area contributed by atoms with Crippen LogP contribution in [-0.2, 0) is 0 Å². The molecule has 1 atom stereocenters. The molecule has 0 spiro atoms. The second-order valence-electron chi connectivity index (χ2n) is 2.90. The van der Waals surface area contributed by atoms with Gasteiger partial charge in [-0.05, 0) is 18.6 Å². The molecule has 0 aromatic carbocycles. The first-order valence-corrected chi connectivity index (χ1v) is 5.15. The van der Waals surface area contributed by atoms with Crippen molar-refractivity contribution in [3.8, 4) is 0 Å². The molecule has 14 heavy (non-hydrogen) atoms. The minimum atomic E-state index is -4.14. The van der Waals surface area contributed by atoms with Gasteiger partial charge >= 0.3 is 6.18 Å². The maximum atomic E-state index is 11.9. The van der Waals surface area contributed by atoms with Crippen LogP contribution in [0.5, 0.6) is 0 Å². The molecule has 0 saturated carbocycles. The van der Waals surface area contributed by atoms with Gasteiger partial charge in [-0.1, -0.05) is 11.6 Å². The molecule has 0 unspecified atom stereocenters. The van der Waals surface area contributed by atoms with E-state index in [4.69, 9.17) is 17.3 Å². The van der Waals surface area contributed by atoms with Crippen LogP contribution in [0.15, 0.2) is 12.1 Å². The summed E-state index contributed by atoms with van der Waals surface area (Å²) in [5.41, 5.74) is 5.57. The van der Waals surface area contributed by atoms with E-state index in [2.05, 4.69) is 0 Å². The van der Waals surface area contributed by atoms with E-state index in [9.17, 15) is 13.2 Å². The van der Waals surface area contributed by atoms with Gasteiger partial charge in [0.15, 0.2) is 0 Å². The molecule has 2 N–H and O–H groups in total. The van der Waals surface area contributed by atoms with E-state index in [-0.39, 0.29) is 6.42 Å². The Morgan fingerprint density at radius 2 is 2.07 bits per heavy atom. The minimum Gasteiger partial charge on any atom is -0.323 e. The van der Waals surface area contributed by atoms with Gasteiger partial charge in [-0.15, -0.1) is 11.3 Å². The molecule has 0 aliphatic carbocycles. The van der Waals surface area contributed by atoms with E-state index < -0.39 is 18.6 Å². The monoisotopic (exact) mass is 243 g/mol. The lowest BCUT2D eigenvalue weighted by atomic mass is 10.1. The standard InChI is InChI=1S/C8H9ClF3NS/c9-7-2-1-6(14-7)5(13)3-4-8(10,11)12/h1-2,5H,3-4,13H2/t5-/m1/s1. The number of rotatable bonds is 3. The fourth-order valence-corrected chi connectivity index (χ4v) is 2.09. The molecule has 0 saturated heterocycles. The van der Waals surface area contributed by atoms with Crippen molar-refractivity contribution in [1.29, 1.82) is 0 Å². The largest absolute Gasteiger partial charge is 0.389 e. The molecule has 1 rings (SSSR count). The van der Waals surface area contributed by atoms with Crippen molar-refractivity contribution in [3.05, 3.63) is 21.3 Å². The first-order valence-electron chi connectivity index (χ1n) is 3.96. The molecular weight excluding hydrogens is 235 g/mol. The van der Waals surface area contributed by atoms with Crippen LogP contribution in [0.1, 0.15) is 23.8 Å². The molecule has 0 aliphatic rings. The molecular formula is C8H9ClF3NS. The van der Waals surface area contributed by atoms with Crippen LogP contribution in [0, 0.1) is 0 Å². The lowest BCUT2D eigenvalue weighted by Crippen LogP contribution is -2.14. The van der Waals surface area contributed by atoms with Crippen LogP contribution in [0.3, 0.4) is 0 Å². The highest BCUT2D eigenvalue weighted by molar-refractivity contribution is 7.16. The van der Waals surface area contributed by atoms with E-state index in [1.165, 1.54) is 11.3 Å². The predicted molar refractivity (Wildman–Crippen MR) is 51.5 cm³/mol. The zero-order valence-electron chi connectivity index (χ0n) is 7.14. The summed E-state index contributed by atoms with van der Waals surface area (Å²) in [5.74, 6) is 0. The second kappa shape index (κ2) is 4.51. The summed E-state index contributed by atoms with van der Waals surface area (Å²) in [5, 5.41) is 0. The SMILES string of the molecule is N[C@H](CCC(F)(F)F)c1ccc(Cl)s1. The Bertz CT molecular complexity index is 297. The van der Waals surface area contributed by atoms with E-state index >= 15 is 0 Å². The Morgan fingerprint density at radius 3 is 2.50 bits per heavy atom. The Labute approximate surface area is 88.7 Å². The van der Waals surface area contributed by atoms with Gasteiger partial charge in [0.2, 0.25) is 0 Å². The van der Waals surface area contributed by atoms with E-state index in [1.54, 1.807) is 12.1 Å². The van der Waals surface area contributed by atoms with Crippen molar-refractivity contribution in [1.82, 2.24) is 0 Å². The summed E-state index contributed by atoms with van der Waals surface area (Å²) < 4.78 is 36.1. The molecule has 0 radical (unpaired) electrons. The molecule has 0 bridgehead atoms. The van der Waals surface area contributed by atoms with Crippen LogP contribution < -0.4 is 5.73 Å². The number of alkyl halides is 3. The van der Waals surface area contributed by atoms with Crippen LogP contribution >= 0.6 is 22.9 Å². The maximum absolute atomic E-state index is 11.9. The smallest absolute Gasteiger partial charge is 0.323 e. The molecule has 6 heteroatoms. The van der Waals surface area contributed by atoms with Crippen LogP contribution in [0.25, 0.3) is 0 Å². The molecule has 1 nitrogen and oxygen atoms in total. The lowest BCUT2D eigenvalue weighted by Gasteiger charge is -2.10. The first kappa shape index (κ1) is 11.8. The number of thiophene rings is 1. The quantitative estimate of drug-likeness (QED) is 0.860. The fraction of sp³-hybridized carbons (Fsp3) is 0.500. The summed E-state index contributed by atoms with van der Waals surface area (Å²) in [6, 6.07) is 2.72. The topological polar surface area (TPSA) is 26.0 Å². The highest BCUT2D eigenvalue weighted by Gasteiger charge is 2.28. The van der Waals surface area contributed by atoms with Crippen molar-refractivity contribution in [2.24, 2.45) is 5.73 Å². The van der Waals surface area contributed by atoms with Crippen molar-refractivity contribution in [3.63, 3.8) is 0 Å². The Morgan fingerprint density at radius 1 is 1.43 bits per heavy atom. The molecule has 80 valence electrons. The maximum Gasteiger partial charge on any atom is 0.389 e.